The molecular formula is C12H15ClN2O2S2. The molecule has 19 heavy (non-hydrogen) atoms. The third-order valence-electron chi connectivity index (χ3n) is 2.28. The minimum absolute atomic E-state index is 0.0541. The SMILES string of the molecule is CCSCC(C)NS(=O)(=O)c1cc(C#N)ccc1Cl. The average molecular weight is 319 g/mol. The summed E-state index contributed by atoms with van der Waals surface area (Å²) < 4.78 is 26.9. The molecule has 104 valence electrons. The molecule has 0 fully saturated rings. The summed E-state index contributed by atoms with van der Waals surface area (Å²) in [7, 11) is -3.70. The molecule has 0 radical (unpaired) electrons. The van der Waals surface area contributed by atoms with Gasteiger partial charge in [-0.05, 0) is 30.9 Å². The van der Waals surface area contributed by atoms with Gasteiger partial charge in [-0.25, -0.2) is 13.1 Å². The van der Waals surface area contributed by atoms with E-state index in [0.29, 0.717) is 5.75 Å². The van der Waals surface area contributed by atoms with Gasteiger partial charge in [-0.1, -0.05) is 18.5 Å². The van der Waals surface area contributed by atoms with E-state index in [1.165, 1.54) is 18.2 Å². The molecule has 0 aliphatic heterocycles. The van der Waals surface area contributed by atoms with E-state index in [2.05, 4.69) is 4.72 Å². The largest absolute Gasteiger partial charge is 0.242 e. The lowest BCUT2D eigenvalue weighted by Gasteiger charge is -2.14. The molecule has 0 spiro atoms. The van der Waals surface area contributed by atoms with Crippen LogP contribution in [0.5, 0.6) is 0 Å². The smallest absolute Gasteiger partial charge is 0.207 e. The van der Waals surface area contributed by atoms with Crippen molar-refractivity contribution in [3.63, 3.8) is 0 Å². The Hall–Kier alpha value is -0.740. The Bertz CT molecular complexity index is 582. The quantitative estimate of drug-likeness (QED) is 0.875. The number of rotatable bonds is 6. The summed E-state index contributed by atoms with van der Waals surface area (Å²) in [5.74, 6) is 1.61. The van der Waals surface area contributed by atoms with Gasteiger partial charge >= 0.3 is 0 Å². The van der Waals surface area contributed by atoms with Crippen LogP contribution in [-0.2, 0) is 10.0 Å². The molecule has 0 saturated heterocycles. The summed E-state index contributed by atoms with van der Waals surface area (Å²) in [5.41, 5.74) is 0.264. The Balaban J connectivity index is 2.97. The molecule has 1 N–H and O–H groups in total. The number of nitrogens with one attached hydrogen (secondary N) is 1. The maximum absolute atomic E-state index is 12.2. The van der Waals surface area contributed by atoms with E-state index >= 15 is 0 Å². The molecule has 0 saturated carbocycles. The highest BCUT2D eigenvalue weighted by molar-refractivity contribution is 7.99. The minimum Gasteiger partial charge on any atom is -0.207 e. The van der Waals surface area contributed by atoms with Crippen molar-refractivity contribution in [1.29, 1.82) is 5.26 Å². The van der Waals surface area contributed by atoms with Gasteiger partial charge in [0.05, 0.1) is 16.7 Å². The molecule has 7 heteroatoms. The number of sulfonamides is 1. The summed E-state index contributed by atoms with van der Waals surface area (Å²) >= 11 is 7.54. The second-order valence-corrected chi connectivity index (χ2v) is 7.35. The number of hydrogen-bond donors (Lipinski definition) is 1. The molecule has 1 rings (SSSR count). The number of nitriles is 1. The second kappa shape index (κ2) is 7.15. The minimum atomic E-state index is -3.70. The molecule has 4 nitrogen and oxygen atoms in total. The molecule has 0 amide bonds. The van der Waals surface area contributed by atoms with E-state index in [1.54, 1.807) is 18.7 Å². The highest BCUT2D eigenvalue weighted by atomic mass is 35.5. The lowest BCUT2D eigenvalue weighted by atomic mass is 10.2. The lowest BCUT2D eigenvalue weighted by molar-refractivity contribution is 0.571. The van der Waals surface area contributed by atoms with Crippen molar-refractivity contribution in [2.75, 3.05) is 11.5 Å². The lowest BCUT2D eigenvalue weighted by Crippen LogP contribution is -2.34. The van der Waals surface area contributed by atoms with E-state index in [-0.39, 0.29) is 21.5 Å². The summed E-state index contributed by atoms with van der Waals surface area (Å²) in [6, 6.07) is 5.88. The van der Waals surface area contributed by atoms with Crippen molar-refractivity contribution in [2.45, 2.75) is 24.8 Å². The van der Waals surface area contributed by atoms with E-state index in [4.69, 9.17) is 16.9 Å². The van der Waals surface area contributed by atoms with Gasteiger partial charge in [-0.3, -0.25) is 0 Å². The van der Waals surface area contributed by atoms with Gasteiger partial charge in [-0.2, -0.15) is 17.0 Å². The van der Waals surface area contributed by atoms with Gasteiger partial charge in [0.15, 0.2) is 0 Å². The van der Waals surface area contributed by atoms with Gasteiger partial charge in [0.2, 0.25) is 10.0 Å². The van der Waals surface area contributed by atoms with Crippen LogP contribution in [0.1, 0.15) is 19.4 Å². The maximum Gasteiger partial charge on any atom is 0.242 e. The Labute approximate surface area is 123 Å². The second-order valence-electron chi connectivity index (χ2n) is 3.94. The van der Waals surface area contributed by atoms with E-state index < -0.39 is 10.0 Å². The standard InChI is InChI=1S/C12H15ClN2O2S2/c1-3-18-8-9(2)15-19(16,17)12-6-10(7-14)4-5-11(12)13/h4-6,9,15H,3,8H2,1-2H3. The first-order valence-electron chi connectivity index (χ1n) is 5.70. The van der Waals surface area contributed by atoms with Crippen molar-refractivity contribution in [1.82, 2.24) is 4.72 Å². The third-order valence-corrected chi connectivity index (χ3v) is 5.49. The first-order valence-corrected chi connectivity index (χ1v) is 8.72. The summed E-state index contributed by atoms with van der Waals surface area (Å²) in [5, 5.41) is 8.92. The van der Waals surface area contributed by atoms with Crippen LogP contribution in [0.2, 0.25) is 5.02 Å². The molecular weight excluding hydrogens is 304 g/mol. The number of benzene rings is 1. The van der Waals surface area contributed by atoms with Gasteiger partial charge < -0.3 is 0 Å². The Morgan fingerprint density at radius 1 is 1.53 bits per heavy atom. The highest BCUT2D eigenvalue weighted by Crippen LogP contribution is 2.22. The van der Waals surface area contributed by atoms with Crippen LogP contribution in [0, 0.1) is 11.3 Å². The first-order chi connectivity index (χ1) is 8.90. The Morgan fingerprint density at radius 2 is 2.21 bits per heavy atom. The summed E-state index contributed by atoms with van der Waals surface area (Å²) in [4.78, 5) is -0.0541. The number of nitrogens with zero attached hydrogens (tertiary/aromatic N) is 1. The van der Waals surface area contributed by atoms with Crippen LogP contribution in [-0.4, -0.2) is 26.0 Å². The Kier molecular flexibility index (Phi) is 6.14. The molecule has 0 heterocycles. The fourth-order valence-corrected chi connectivity index (χ4v) is 3.98. The number of thioether (sulfide) groups is 1. The topological polar surface area (TPSA) is 70.0 Å². The molecule has 1 unspecified atom stereocenters. The van der Waals surface area contributed by atoms with Crippen molar-refractivity contribution >= 4 is 33.4 Å². The van der Waals surface area contributed by atoms with Crippen LogP contribution in [0.4, 0.5) is 0 Å². The maximum atomic E-state index is 12.2. The van der Waals surface area contributed by atoms with Crippen LogP contribution >= 0.6 is 23.4 Å². The molecule has 1 atom stereocenters. The van der Waals surface area contributed by atoms with E-state index in [9.17, 15) is 8.42 Å². The zero-order valence-electron chi connectivity index (χ0n) is 10.7. The third kappa shape index (κ3) is 4.69. The number of halogens is 1. The van der Waals surface area contributed by atoms with Gasteiger partial charge in [0, 0.05) is 11.8 Å². The van der Waals surface area contributed by atoms with Crippen LogP contribution in [0.3, 0.4) is 0 Å². The average Bonchev–Trinajstić information content (AvgIpc) is 2.36. The molecule has 0 aliphatic carbocycles. The van der Waals surface area contributed by atoms with Gasteiger partial charge in [0.25, 0.3) is 0 Å². The molecule has 1 aromatic rings. The fourth-order valence-electron chi connectivity index (χ4n) is 1.44. The van der Waals surface area contributed by atoms with Crippen LogP contribution < -0.4 is 4.72 Å². The van der Waals surface area contributed by atoms with Gasteiger partial charge in [0.1, 0.15) is 4.90 Å². The van der Waals surface area contributed by atoms with Crippen molar-refractivity contribution in [3.05, 3.63) is 28.8 Å². The predicted molar refractivity (Wildman–Crippen MR) is 78.9 cm³/mol. The summed E-state index contributed by atoms with van der Waals surface area (Å²) in [6.45, 7) is 3.81. The molecule has 0 bridgehead atoms. The predicted octanol–water partition coefficient (Wildman–Crippen LogP) is 2.63. The van der Waals surface area contributed by atoms with E-state index in [1.807, 2.05) is 13.0 Å². The Morgan fingerprint density at radius 3 is 2.79 bits per heavy atom. The molecule has 1 aromatic carbocycles. The van der Waals surface area contributed by atoms with Crippen molar-refractivity contribution < 1.29 is 8.42 Å². The highest BCUT2D eigenvalue weighted by Gasteiger charge is 2.20. The molecule has 0 aromatic heterocycles. The van der Waals surface area contributed by atoms with Crippen LogP contribution in [0.15, 0.2) is 23.1 Å². The zero-order valence-corrected chi connectivity index (χ0v) is 13.1. The normalized spacial score (nSPS) is 12.9. The fraction of sp³-hybridized carbons (Fsp3) is 0.417. The van der Waals surface area contributed by atoms with E-state index in [0.717, 1.165) is 5.75 Å². The van der Waals surface area contributed by atoms with Crippen molar-refractivity contribution in [2.24, 2.45) is 0 Å². The van der Waals surface area contributed by atoms with Crippen molar-refractivity contribution in [3.8, 4) is 6.07 Å². The van der Waals surface area contributed by atoms with Gasteiger partial charge in [-0.15, -0.1) is 0 Å². The number of hydrogen-bond acceptors (Lipinski definition) is 4. The summed E-state index contributed by atoms with van der Waals surface area (Å²) in [6.07, 6.45) is 0. The zero-order chi connectivity index (χ0) is 14.5. The monoisotopic (exact) mass is 318 g/mol. The van der Waals surface area contributed by atoms with Crippen LogP contribution in [0.25, 0.3) is 0 Å². The molecule has 0 aliphatic rings. The first kappa shape index (κ1) is 16.3.